The summed E-state index contributed by atoms with van der Waals surface area (Å²) in [6, 6.07) is 10.2. The van der Waals surface area contributed by atoms with Gasteiger partial charge in [-0.05, 0) is 5.56 Å². The molecule has 1 rings (SSSR count). The van der Waals surface area contributed by atoms with Crippen molar-refractivity contribution in [2.45, 2.75) is 12.2 Å². The van der Waals surface area contributed by atoms with E-state index in [1.807, 2.05) is 18.2 Å². The van der Waals surface area contributed by atoms with Crippen molar-refractivity contribution in [3.8, 4) is 0 Å². The zero-order valence-corrected chi connectivity index (χ0v) is 12.0. The van der Waals surface area contributed by atoms with Crippen molar-refractivity contribution in [2.24, 2.45) is 0 Å². The Morgan fingerprint density at radius 3 is 2.65 bits per heavy atom. The Labute approximate surface area is 116 Å². The van der Waals surface area contributed by atoms with Gasteiger partial charge in [0.25, 0.3) is 0 Å². The van der Waals surface area contributed by atoms with Crippen LogP contribution in [0.5, 0.6) is 0 Å². The van der Waals surface area contributed by atoms with Gasteiger partial charge in [0, 0.05) is 11.5 Å². The smallest absolute Gasteiger partial charge is 0.306 e. The number of benzene rings is 1. The summed E-state index contributed by atoms with van der Waals surface area (Å²) in [6.07, 6.45) is 0.410. The highest BCUT2D eigenvalue weighted by Crippen LogP contribution is 2.22. The maximum Gasteiger partial charge on any atom is 0.306 e. The molecule has 0 unspecified atom stereocenters. The molecule has 1 aromatic carbocycles. The van der Waals surface area contributed by atoms with Gasteiger partial charge in [0.05, 0.1) is 13.5 Å². The zero-order valence-electron chi connectivity index (χ0n) is 9.55. The summed E-state index contributed by atoms with van der Waals surface area (Å²) in [6.45, 7) is 0. The van der Waals surface area contributed by atoms with Crippen LogP contribution in [0.25, 0.3) is 0 Å². The number of ether oxygens (including phenoxy) is 1. The molecule has 0 saturated heterocycles. The van der Waals surface area contributed by atoms with E-state index in [4.69, 9.17) is 12.2 Å². The van der Waals surface area contributed by atoms with Crippen molar-refractivity contribution in [1.29, 1.82) is 0 Å². The lowest BCUT2D eigenvalue weighted by Crippen LogP contribution is -2.01. The van der Waals surface area contributed by atoms with E-state index in [1.165, 1.54) is 24.4 Å². The van der Waals surface area contributed by atoms with Crippen LogP contribution in [-0.4, -0.2) is 22.4 Å². The summed E-state index contributed by atoms with van der Waals surface area (Å²) >= 11 is 8.38. The summed E-state index contributed by atoms with van der Waals surface area (Å²) in [4.78, 5) is 10.9. The average molecular weight is 286 g/mol. The van der Waals surface area contributed by atoms with Crippen LogP contribution in [0, 0.1) is 0 Å². The minimum Gasteiger partial charge on any atom is -0.469 e. The first kappa shape index (κ1) is 14.5. The first-order chi connectivity index (χ1) is 8.22. The average Bonchev–Trinajstić information content (AvgIpc) is 2.37. The van der Waals surface area contributed by atoms with Crippen molar-refractivity contribution in [1.82, 2.24) is 0 Å². The first-order valence-corrected chi connectivity index (χ1v) is 7.50. The van der Waals surface area contributed by atoms with Crippen LogP contribution in [0.2, 0.25) is 0 Å². The molecule has 0 spiro atoms. The Hall–Kier alpha value is -0.520. The molecule has 0 heterocycles. The van der Waals surface area contributed by atoms with Gasteiger partial charge in [0.2, 0.25) is 0 Å². The fourth-order valence-electron chi connectivity index (χ4n) is 1.08. The summed E-state index contributed by atoms with van der Waals surface area (Å²) in [5.74, 6) is 1.38. The van der Waals surface area contributed by atoms with E-state index in [0.717, 1.165) is 9.28 Å². The monoisotopic (exact) mass is 286 g/mol. The number of esters is 1. The standard InChI is InChI=1S/C12H14O2S3/c1-14-11(13)7-8-16-12(15)17-9-10-5-3-2-4-6-10/h2-6H,7-9H2,1H3. The Morgan fingerprint density at radius 1 is 1.29 bits per heavy atom. The van der Waals surface area contributed by atoms with Crippen molar-refractivity contribution in [2.75, 3.05) is 12.9 Å². The molecule has 1 aromatic rings. The van der Waals surface area contributed by atoms with E-state index in [-0.39, 0.29) is 5.97 Å². The molecule has 92 valence electrons. The Kier molecular flexibility index (Phi) is 7.32. The van der Waals surface area contributed by atoms with Crippen LogP contribution in [0.15, 0.2) is 30.3 Å². The third-order valence-electron chi connectivity index (χ3n) is 1.95. The lowest BCUT2D eigenvalue weighted by atomic mass is 10.2. The maximum absolute atomic E-state index is 10.9. The number of thiocarbonyl (C=S) groups is 1. The minimum absolute atomic E-state index is 0.187. The summed E-state index contributed by atoms with van der Waals surface area (Å²) in [5, 5.41) is 0. The summed E-state index contributed by atoms with van der Waals surface area (Å²) in [5.41, 5.74) is 1.26. The van der Waals surface area contributed by atoms with Crippen LogP contribution < -0.4 is 0 Å². The van der Waals surface area contributed by atoms with Crippen molar-refractivity contribution < 1.29 is 9.53 Å². The highest BCUT2D eigenvalue weighted by molar-refractivity contribution is 8.46. The predicted octanol–water partition coefficient (Wildman–Crippen LogP) is 3.50. The van der Waals surface area contributed by atoms with Gasteiger partial charge in [0.15, 0.2) is 0 Å². The highest BCUT2D eigenvalue weighted by Gasteiger charge is 2.03. The largest absolute Gasteiger partial charge is 0.469 e. The number of hydrogen-bond donors (Lipinski definition) is 0. The molecule has 0 saturated carbocycles. The van der Waals surface area contributed by atoms with E-state index in [0.29, 0.717) is 12.2 Å². The molecule has 0 radical (unpaired) electrons. The van der Waals surface area contributed by atoms with Gasteiger partial charge < -0.3 is 4.74 Å². The van der Waals surface area contributed by atoms with E-state index in [2.05, 4.69) is 16.9 Å². The number of carbonyl (C=O) groups is 1. The summed E-state index contributed by atoms with van der Waals surface area (Å²) in [7, 11) is 1.40. The van der Waals surface area contributed by atoms with Gasteiger partial charge in [-0.2, -0.15) is 0 Å². The molecular weight excluding hydrogens is 272 g/mol. The van der Waals surface area contributed by atoms with Gasteiger partial charge in [-0.15, -0.1) is 23.5 Å². The molecule has 0 aliphatic carbocycles. The molecule has 0 aliphatic heterocycles. The van der Waals surface area contributed by atoms with Gasteiger partial charge >= 0.3 is 5.97 Å². The van der Waals surface area contributed by atoms with Crippen LogP contribution >= 0.6 is 35.7 Å². The summed E-state index contributed by atoms with van der Waals surface area (Å²) < 4.78 is 5.43. The molecule has 0 aliphatic rings. The topological polar surface area (TPSA) is 26.3 Å². The van der Waals surface area contributed by atoms with Gasteiger partial charge in [-0.3, -0.25) is 4.79 Å². The zero-order chi connectivity index (χ0) is 12.5. The van der Waals surface area contributed by atoms with Crippen molar-refractivity contribution >= 4 is 45.2 Å². The van der Waals surface area contributed by atoms with E-state index in [1.54, 1.807) is 11.8 Å². The number of methoxy groups -OCH3 is 1. The van der Waals surface area contributed by atoms with Crippen LogP contribution in [0.1, 0.15) is 12.0 Å². The Balaban J connectivity index is 2.16. The molecule has 0 bridgehead atoms. The number of carbonyl (C=O) groups excluding carboxylic acids is 1. The fraction of sp³-hybridized carbons (Fsp3) is 0.333. The Bertz CT molecular complexity index is 365. The lowest BCUT2D eigenvalue weighted by molar-refractivity contribution is -0.140. The van der Waals surface area contributed by atoms with Crippen LogP contribution in [0.4, 0.5) is 0 Å². The quantitative estimate of drug-likeness (QED) is 0.610. The lowest BCUT2D eigenvalue weighted by Gasteiger charge is -2.03. The molecule has 17 heavy (non-hydrogen) atoms. The molecule has 5 heteroatoms. The molecule has 0 amide bonds. The molecule has 2 nitrogen and oxygen atoms in total. The third kappa shape index (κ3) is 6.71. The Morgan fingerprint density at radius 2 is 2.00 bits per heavy atom. The first-order valence-electron chi connectivity index (χ1n) is 5.12. The SMILES string of the molecule is COC(=O)CCSC(=S)SCc1ccccc1. The van der Waals surface area contributed by atoms with Gasteiger partial charge in [0.1, 0.15) is 3.53 Å². The number of hydrogen-bond acceptors (Lipinski definition) is 5. The maximum atomic E-state index is 10.9. The minimum atomic E-state index is -0.187. The van der Waals surface area contributed by atoms with Gasteiger partial charge in [-0.25, -0.2) is 0 Å². The highest BCUT2D eigenvalue weighted by atomic mass is 32.2. The molecular formula is C12H14O2S3. The van der Waals surface area contributed by atoms with E-state index < -0.39 is 0 Å². The normalized spacial score (nSPS) is 9.94. The second-order valence-electron chi connectivity index (χ2n) is 3.20. The number of thioether (sulfide) groups is 2. The molecule has 0 N–H and O–H groups in total. The second-order valence-corrected chi connectivity index (χ2v) is 6.47. The van der Waals surface area contributed by atoms with Crippen molar-refractivity contribution in [3.05, 3.63) is 35.9 Å². The van der Waals surface area contributed by atoms with Gasteiger partial charge in [-0.1, -0.05) is 42.5 Å². The molecule has 0 atom stereocenters. The van der Waals surface area contributed by atoms with Crippen LogP contribution in [-0.2, 0) is 15.3 Å². The van der Waals surface area contributed by atoms with E-state index in [9.17, 15) is 4.79 Å². The molecule has 0 fully saturated rings. The van der Waals surface area contributed by atoms with E-state index >= 15 is 0 Å². The fourth-order valence-corrected chi connectivity index (χ4v) is 3.18. The van der Waals surface area contributed by atoms with Crippen LogP contribution in [0.3, 0.4) is 0 Å². The molecule has 0 aromatic heterocycles. The second kappa shape index (κ2) is 8.55. The number of rotatable bonds is 5. The third-order valence-corrected chi connectivity index (χ3v) is 4.72. The predicted molar refractivity (Wildman–Crippen MR) is 79.4 cm³/mol. The van der Waals surface area contributed by atoms with Crippen molar-refractivity contribution in [3.63, 3.8) is 0 Å².